The van der Waals surface area contributed by atoms with Crippen LogP contribution in [0.15, 0.2) is 30.3 Å². The van der Waals surface area contributed by atoms with Gasteiger partial charge in [-0.05, 0) is 33.0 Å². The number of aromatic nitrogens is 3. The number of rotatable bonds is 5. The van der Waals surface area contributed by atoms with Gasteiger partial charge < -0.3 is 4.74 Å². The minimum absolute atomic E-state index is 0.277. The number of nitrogens with zero attached hydrogens (tertiary/aromatic N) is 2. The molecule has 0 saturated carbocycles. The highest BCUT2D eigenvalue weighted by molar-refractivity contribution is 7.71. The minimum Gasteiger partial charge on any atom is -0.374 e. The first-order valence-electron chi connectivity index (χ1n) is 6.38. The molecule has 0 bridgehead atoms. The van der Waals surface area contributed by atoms with Crippen LogP contribution in [0.5, 0.6) is 0 Å². The van der Waals surface area contributed by atoms with E-state index in [9.17, 15) is 0 Å². The fraction of sp³-hybridized carbons (Fsp3) is 0.429. The monoisotopic (exact) mass is 277 g/mol. The van der Waals surface area contributed by atoms with E-state index in [1.807, 2.05) is 41.8 Å². The third-order valence-corrected chi connectivity index (χ3v) is 3.18. The Hall–Kier alpha value is -1.46. The van der Waals surface area contributed by atoms with Gasteiger partial charge in [0, 0.05) is 12.2 Å². The normalized spacial score (nSPS) is 11.7. The molecule has 2 rings (SSSR count). The topological polar surface area (TPSA) is 42.8 Å². The first kappa shape index (κ1) is 14.0. The lowest BCUT2D eigenvalue weighted by atomic mass is 10.1. The number of H-pyrrole nitrogens is 1. The summed E-state index contributed by atoms with van der Waals surface area (Å²) in [5.41, 5.74) is 0.766. The summed E-state index contributed by atoms with van der Waals surface area (Å²) in [6.07, 6.45) is 0. The molecule has 0 radical (unpaired) electrons. The average molecular weight is 277 g/mol. The minimum atomic E-state index is -0.277. The third kappa shape index (κ3) is 3.30. The smallest absolute Gasteiger partial charge is 0.195 e. The Labute approximate surface area is 118 Å². The molecule has 1 aromatic carbocycles. The van der Waals surface area contributed by atoms with E-state index in [2.05, 4.69) is 24.0 Å². The van der Waals surface area contributed by atoms with Crippen LogP contribution in [-0.4, -0.2) is 27.0 Å². The molecule has 0 amide bonds. The summed E-state index contributed by atoms with van der Waals surface area (Å²) in [5.74, 6) is 0.846. The molecule has 0 atom stereocenters. The zero-order valence-electron chi connectivity index (χ0n) is 11.5. The van der Waals surface area contributed by atoms with E-state index in [0.717, 1.165) is 11.4 Å². The predicted molar refractivity (Wildman–Crippen MR) is 78.6 cm³/mol. The van der Waals surface area contributed by atoms with Crippen LogP contribution in [0.1, 0.15) is 20.8 Å². The Bertz CT molecular complexity index is 586. The Morgan fingerprint density at radius 3 is 2.63 bits per heavy atom. The maximum atomic E-state index is 5.74. The van der Waals surface area contributed by atoms with Crippen molar-refractivity contribution in [3.05, 3.63) is 35.1 Å². The molecule has 0 fully saturated rings. The zero-order valence-corrected chi connectivity index (χ0v) is 12.3. The quantitative estimate of drug-likeness (QED) is 0.852. The van der Waals surface area contributed by atoms with Gasteiger partial charge in [-0.3, -0.25) is 9.67 Å². The van der Waals surface area contributed by atoms with Crippen molar-refractivity contribution >= 4 is 12.2 Å². The number of hydrogen-bond acceptors (Lipinski definition) is 3. The van der Waals surface area contributed by atoms with E-state index < -0.39 is 0 Å². The van der Waals surface area contributed by atoms with Crippen molar-refractivity contribution in [2.45, 2.75) is 32.9 Å². The number of ether oxygens (including phenoxy) is 1. The molecule has 0 aliphatic carbocycles. The molecule has 1 heterocycles. The number of benzene rings is 1. The summed E-state index contributed by atoms with van der Waals surface area (Å²) < 4.78 is 8.34. The van der Waals surface area contributed by atoms with Crippen molar-refractivity contribution in [3.63, 3.8) is 0 Å². The molecule has 5 heteroatoms. The third-order valence-electron chi connectivity index (χ3n) is 2.86. The molecule has 2 aromatic rings. The number of aromatic amines is 1. The van der Waals surface area contributed by atoms with Gasteiger partial charge in [0.05, 0.1) is 12.1 Å². The molecule has 0 aliphatic heterocycles. The van der Waals surface area contributed by atoms with E-state index in [4.69, 9.17) is 17.0 Å². The van der Waals surface area contributed by atoms with Crippen LogP contribution in [-0.2, 0) is 11.3 Å². The van der Waals surface area contributed by atoms with E-state index >= 15 is 0 Å². The van der Waals surface area contributed by atoms with Crippen molar-refractivity contribution in [3.8, 4) is 11.4 Å². The molecule has 0 spiro atoms. The van der Waals surface area contributed by atoms with Crippen molar-refractivity contribution in [1.29, 1.82) is 0 Å². The Balaban J connectivity index is 2.37. The van der Waals surface area contributed by atoms with Crippen LogP contribution in [0.3, 0.4) is 0 Å². The van der Waals surface area contributed by atoms with E-state index in [1.165, 1.54) is 0 Å². The fourth-order valence-corrected chi connectivity index (χ4v) is 2.29. The van der Waals surface area contributed by atoms with Crippen molar-refractivity contribution in [1.82, 2.24) is 14.8 Å². The second kappa shape index (κ2) is 5.67. The second-order valence-corrected chi connectivity index (χ2v) is 5.38. The Morgan fingerprint density at radius 1 is 1.32 bits per heavy atom. The molecule has 1 aromatic heterocycles. The Morgan fingerprint density at radius 2 is 2.00 bits per heavy atom. The fourth-order valence-electron chi connectivity index (χ4n) is 2.09. The highest BCUT2D eigenvalue weighted by Crippen LogP contribution is 2.20. The zero-order chi connectivity index (χ0) is 13.9. The predicted octanol–water partition coefficient (Wildman–Crippen LogP) is 3.42. The molecular formula is C14H19N3OS. The molecule has 102 valence electrons. The lowest BCUT2D eigenvalue weighted by Crippen LogP contribution is -2.31. The molecular weight excluding hydrogens is 258 g/mol. The van der Waals surface area contributed by atoms with Crippen molar-refractivity contribution in [2.75, 3.05) is 6.61 Å². The average Bonchev–Trinajstić information content (AvgIpc) is 2.71. The Kier molecular flexibility index (Phi) is 4.17. The molecule has 0 saturated heterocycles. The summed E-state index contributed by atoms with van der Waals surface area (Å²) >= 11 is 5.31. The van der Waals surface area contributed by atoms with E-state index in [0.29, 0.717) is 17.9 Å². The highest BCUT2D eigenvalue weighted by atomic mass is 32.1. The molecule has 0 aliphatic rings. The summed E-state index contributed by atoms with van der Waals surface area (Å²) in [6, 6.07) is 10.0. The summed E-state index contributed by atoms with van der Waals surface area (Å²) in [6.45, 7) is 7.45. The molecule has 19 heavy (non-hydrogen) atoms. The van der Waals surface area contributed by atoms with Crippen LogP contribution in [0.2, 0.25) is 0 Å². The lowest BCUT2D eigenvalue weighted by Gasteiger charge is -2.25. The van der Waals surface area contributed by atoms with Crippen LogP contribution < -0.4 is 0 Å². The van der Waals surface area contributed by atoms with Crippen LogP contribution in [0.4, 0.5) is 0 Å². The van der Waals surface area contributed by atoms with Gasteiger partial charge in [-0.25, -0.2) is 0 Å². The van der Waals surface area contributed by atoms with Crippen LogP contribution >= 0.6 is 12.2 Å². The molecule has 4 nitrogen and oxygen atoms in total. The molecule has 0 unspecified atom stereocenters. The largest absolute Gasteiger partial charge is 0.374 e. The van der Waals surface area contributed by atoms with Gasteiger partial charge in [0.2, 0.25) is 0 Å². The van der Waals surface area contributed by atoms with Crippen LogP contribution in [0, 0.1) is 4.77 Å². The van der Waals surface area contributed by atoms with E-state index in [1.54, 1.807) is 0 Å². The summed E-state index contributed by atoms with van der Waals surface area (Å²) in [7, 11) is 0. The van der Waals surface area contributed by atoms with Crippen LogP contribution in [0.25, 0.3) is 11.4 Å². The summed E-state index contributed by atoms with van der Waals surface area (Å²) in [4.78, 5) is 0. The van der Waals surface area contributed by atoms with Gasteiger partial charge in [0.1, 0.15) is 0 Å². The molecule has 1 N–H and O–H groups in total. The first-order valence-corrected chi connectivity index (χ1v) is 6.79. The van der Waals surface area contributed by atoms with Gasteiger partial charge in [0.25, 0.3) is 0 Å². The SMILES string of the molecule is CCOC(C)(C)Cn1c(-c2ccccc2)n[nH]c1=S. The highest BCUT2D eigenvalue weighted by Gasteiger charge is 2.21. The maximum absolute atomic E-state index is 5.74. The van der Waals surface area contributed by atoms with Gasteiger partial charge in [-0.15, -0.1) is 0 Å². The summed E-state index contributed by atoms with van der Waals surface area (Å²) in [5, 5.41) is 7.18. The number of nitrogens with one attached hydrogen (secondary N) is 1. The first-order chi connectivity index (χ1) is 9.03. The van der Waals surface area contributed by atoms with Crippen molar-refractivity contribution < 1.29 is 4.74 Å². The van der Waals surface area contributed by atoms with Gasteiger partial charge in [-0.1, -0.05) is 30.3 Å². The second-order valence-electron chi connectivity index (χ2n) is 5.00. The van der Waals surface area contributed by atoms with Gasteiger partial charge in [-0.2, -0.15) is 5.10 Å². The maximum Gasteiger partial charge on any atom is 0.195 e. The van der Waals surface area contributed by atoms with Crippen molar-refractivity contribution in [2.24, 2.45) is 0 Å². The standard InChI is InChI=1S/C14H19N3OS/c1-4-18-14(2,3)10-17-12(15-16-13(17)19)11-8-6-5-7-9-11/h5-9H,4,10H2,1-3H3,(H,16,19). The number of hydrogen-bond donors (Lipinski definition) is 1. The van der Waals surface area contributed by atoms with Gasteiger partial charge >= 0.3 is 0 Å². The lowest BCUT2D eigenvalue weighted by molar-refractivity contribution is -0.0224. The van der Waals surface area contributed by atoms with E-state index in [-0.39, 0.29) is 5.60 Å². The van der Waals surface area contributed by atoms with Gasteiger partial charge in [0.15, 0.2) is 10.6 Å².